The van der Waals surface area contributed by atoms with E-state index in [4.69, 9.17) is 5.73 Å². The molecular formula is C19H18N2O3. The molecule has 2 aromatic carbocycles. The molecule has 5 heteroatoms. The summed E-state index contributed by atoms with van der Waals surface area (Å²) in [5.41, 5.74) is 5.76. The van der Waals surface area contributed by atoms with Gasteiger partial charge in [-0.1, -0.05) is 24.3 Å². The van der Waals surface area contributed by atoms with Crippen LogP contribution in [0.4, 0.5) is 11.4 Å². The maximum absolute atomic E-state index is 12.8. The van der Waals surface area contributed by atoms with E-state index in [0.717, 1.165) is 0 Å². The van der Waals surface area contributed by atoms with Gasteiger partial charge in [0.15, 0.2) is 11.4 Å². The summed E-state index contributed by atoms with van der Waals surface area (Å²) in [6.07, 6.45) is 1.27. The topological polar surface area (TPSA) is 83.6 Å². The van der Waals surface area contributed by atoms with Crippen molar-refractivity contribution < 1.29 is 14.7 Å². The highest BCUT2D eigenvalue weighted by Gasteiger charge is 2.50. The number of nitrogen functional groups attached to an aromatic ring is 1. The van der Waals surface area contributed by atoms with Crippen molar-refractivity contribution in [3.63, 3.8) is 0 Å². The number of hydrogen-bond acceptors (Lipinski definition) is 4. The van der Waals surface area contributed by atoms with Crippen molar-refractivity contribution in [2.75, 3.05) is 17.2 Å². The van der Waals surface area contributed by atoms with E-state index in [1.54, 1.807) is 54.6 Å². The van der Waals surface area contributed by atoms with Crippen molar-refractivity contribution in [1.29, 1.82) is 0 Å². The van der Waals surface area contributed by atoms with Crippen LogP contribution >= 0.6 is 0 Å². The molecule has 0 bridgehead atoms. The molecule has 1 heterocycles. The van der Waals surface area contributed by atoms with E-state index >= 15 is 0 Å². The number of Topliss-reactive ketones (excluding diaryl/α,β-unsaturated/α-hetero) is 1. The third-order valence-electron chi connectivity index (χ3n) is 4.20. The van der Waals surface area contributed by atoms with Crippen LogP contribution in [0.15, 0.2) is 61.2 Å². The predicted molar refractivity (Wildman–Crippen MR) is 92.7 cm³/mol. The maximum Gasteiger partial charge on any atom is 0.264 e. The van der Waals surface area contributed by atoms with E-state index in [0.29, 0.717) is 22.5 Å². The van der Waals surface area contributed by atoms with Gasteiger partial charge < -0.3 is 15.7 Å². The summed E-state index contributed by atoms with van der Waals surface area (Å²) in [6.45, 7) is 3.91. The largest absolute Gasteiger partial charge is 0.399 e. The molecule has 3 N–H and O–H groups in total. The number of ketones is 1. The number of nitrogens with zero attached hydrogens (tertiary/aromatic N) is 1. The first-order valence-electron chi connectivity index (χ1n) is 7.61. The Balaban J connectivity index is 1.97. The summed E-state index contributed by atoms with van der Waals surface area (Å²) >= 11 is 0. The lowest BCUT2D eigenvalue weighted by Crippen LogP contribution is -2.41. The van der Waals surface area contributed by atoms with Crippen molar-refractivity contribution in [3.05, 3.63) is 72.3 Å². The summed E-state index contributed by atoms with van der Waals surface area (Å²) in [5, 5.41) is 11.0. The minimum absolute atomic E-state index is 0.272. The third-order valence-corrected chi connectivity index (χ3v) is 4.20. The molecule has 122 valence electrons. The number of carbonyl (C=O) groups is 2. The van der Waals surface area contributed by atoms with Crippen LogP contribution in [-0.2, 0) is 10.4 Å². The second-order valence-corrected chi connectivity index (χ2v) is 5.80. The molecule has 0 fully saturated rings. The van der Waals surface area contributed by atoms with E-state index in [1.165, 1.54) is 4.90 Å². The summed E-state index contributed by atoms with van der Waals surface area (Å²) < 4.78 is 0. The Hall–Kier alpha value is -2.92. The summed E-state index contributed by atoms with van der Waals surface area (Å²) in [4.78, 5) is 26.7. The van der Waals surface area contributed by atoms with Gasteiger partial charge in [0.2, 0.25) is 0 Å². The number of benzene rings is 2. The molecule has 0 aliphatic carbocycles. The number of hydrogen-bond donors (Lipinski definition) is 2. The highest BCUT2D eigenvalue weighted by atomic mass is 16.3. The second kappa shape index (κ2) is 5.94. The van der Waals surface area contributed by atoms with Crippen molar-refractivity contribution in [1.82, 2.24) is 0 Å². The SMILES string of the molecule is C=CCN1C(=O)[C@](O)(CC(=O)c2ccc(N)cc2)c2ccccc21. The molecule has 1 aliphatic rings. The minimum atomic E-state index is -1.86. The average molecular weight is 322 g/mol. The third kappa shape index (κ3) is 2.49. The van der Waals surface area contributed by atoms with Gasteiger partial charge in [0.05, 0.1) is 12.1 Å². The number of amides is 1. The highest BCUT2D eigenvalue weighted by molar-refractivity contribution is 6.10. The van der Waals surface area contributed by atoms with Crippen LogP contribution in [0.25, 0.3) is 0 Å². The van der Waals surface area contributed by atoms with Crippen LogP contribution in [0, 0.1) is 0 Å². The van der Waals surface area contributed by atoms with Crippen molar-refractivity contribution >= 4 is 23.1 Å². The molecule has 1 atom stereocenters. The zero-order chi connectivity index (χ0) is 17.3. The molecule has 0 saturated carbocycles. The lowest BCUT2D eigenvalue weighted by Gasteiger charge is -2.22. The van der Waals surface area contributed by atoms with Gasteiger partial charge in [0, 0.05) is 23.4 Å². The van der Waals surface area contributed by atoms with Gasteiger partial charge in [-0.15, -0.1) is 6.58 Å². The highest BCUT2D eigenvalue weighted by Crippen LogP contribution is 2.42. The number of aliphatic hydroxyl groups is 1. The molecular weight excluding hydrogens is 304 g/mol. The fraction of sp³-hybridized carbons (Fsp3) is 0.158. The Morgan fingerprint density at radius 2 is 1.88 bits per heavy atom. The first-order chi connectivity index (χ1) is 11.5. The minimum Gasteiger partial charge on any atom is -0.399 e. The van der Waals surface area contributed by atoms with Gasteiger partial charge in [-0.2, -0.15) is 0 Å². The fourth-order valence-electron chi connectivity index (χ4n) is 2.99. The molecule has 0 saturated heterocycles. The number of para-hydroxylation sites is 1. The molecule has 2 aromatic rings. The van der Waals surface area contributed by atoms with Gasteiger partial charge in [0.25, 0.3) is 5.91 Å². The standard InChI is InChI=1S/C19H18N2O3/c1-2-11-21-16-6-4-3-5-15(16)19(24,18(21)23)12-17(22)13-7-9-14(20)10-8-13/h2-10,24H,1,11-12,20H2/t19-/m0/s1. The van der Waals surface area contributed by atoms with Gasteiger partial charge in [-0.05, 0) is 30.3 Å². The quantitative estimate of drug-likeness (QED) is 0.502. The summed E-state index contributed by atoms with van der Waals surface area (Å²) in [5.74, 6) is -0.825. The lowest BCUT2D eigenvalue weighted by molar-refractivity contribution is -0.135. The molecule has 1 aliphatic heterocycles. The molecule has 0 radical (unpaired) electrons. The van der Waals surface area contributed by atoms with Crippen LogP contribution in [0.2, 0.25) is 0 Å². The molecule has 0 spiro atoms. The molecule has 3 rings (SSSR count). The molecule has 0 aromatic heterocycles. The van der Waals surface area contributed by atoms with E-state index in [2.05, 4.69) is 6.58 Å². The molecule has 24 heavy (non-hydrogen) atoms. The Morgan fingerprint density at radius 3 is 2.54 bits per heavy atom. The van der Waals surface area contributed by atoms with Crippen LogP contribution < -0.4 is 10.6 Å². The van der Waals surface area contributed by atoms with Crippen LogP contribution in [0.1, 0.15) is 22.3 Å². The molecule has 5 nitrogen and oxygen atoms in total. The summed E-state index contributed by atoms with van der Waals surface area (Å²) in [6, 6.07) is 13.4. The average Bonchev–Trinajstić information content (AvgIpc) is 2.78. The van der Waals surface area contributed by atoms with Crippen LogP contribution in [0.5, 0.6) is 0 Å². The Kier molecular flexibility index (Phi) is 3.95. The molecule has 0 unspecified atom stereocenters. The van der Waals surface area contributed by atoms with Gasteiger partial charge >= 0.3 is 0 Å². The van der Waals surface area contributed by atoms with E-state index in [9.17, 15) is 14.7 Å². The second-order valence-electron chi connectivity index (χ2n) is 5.80. The zero-order valence-corrected chi connectivity index (χ0v) is 13.1. The lowest BCUT2D eigenvalue weighted by atomic mass is 9.88. The first kappa shape index (κ1) is 16.0. The van der Waals surface area contributed by atoms with Crippen molar-refractivity contribution in [2.45, 2.75) is 12.0 Å². The number of nitrogens with two attached hydrogens (primary N) is 1. The van der Waals surface area contributed by atoms with E-state index < -0.39 is 11.5 Å². The normalized spacial score (nSPS) is 19.2. The number of anilines is 2. The maximum atomic E-state index is 12.8. The number of fused-ring (bicyclic) bond motifs is 1. The Bertz CT molecular complexity index is 814. The van der Waals surface area contributed by atoms with Gasteiger partial charge in [0.1, 0.15) is 0 Å². The summed E-state index contributed by atoms with van der Waals surface area (Å²) in [7, 11) is 0. The fourth-order valence-corrected chi connectivity index (χ4v) is 2.99. The monoisotopic (exact) mass is 322 g/mol. The Labute approximate surface area is 140 Å². The van der Waals surface area contributed by atoms with Crippen molar-refractivity contribution in [3.8, 4) is 0 Å². The zero-order valence-electron chi connectivity index (χ0n) is 13.1. The number of carbonyl (C=O) groups excluding carboxylic acids is 2. The van der Waals surface area contributed by atoms with Crippen LogP contribution in [0.3, 0.4) is 0 Å². The molecule has 1 amide bonds. The Morgan fingerprint density at radius 1 is 1.21 bits per heavy atom. The number of rotatable bonds is 5. The van der Waals surface area contributed by atoms with Gasteiger partial charge in [-0.25, -0.2) is 0 Å². The van der Waals surface area contributed by atoms with Crippen molar-refractivity contribution in [2.24, 2.45) is 0 Å². The van der Waals surface area contributed by atoms with E-state index in [1.807, 2.05) is 0 Å². The predicted octanol–water partition coefficient (Wildman–Crippen LogP) is 2.26. The van der Waals surface area contributed by atoms with E-state index in [-0.39, 0.29) is 18.7 Å². The van der Waals surface area contributed by atoms with Crippen LogP contribution in [-0.4, -0.2) is 23.3 Å². The van der Waals surface area contributed by atoms with Gasteiger partial charge in [-0.3, -0.25) is 9.59 Å². The smallest absolute Gasteiger partial charge is 0.264 e. The first-order valence-corrected chi connectivity index (χ1v) is 7.61.